The van der Waals surface area contributed by atoms with Crippen LogP contribution in [0.3, 0.4) is 0 Å². The molecule has 5 rings (SSSR count). The lowest BCUT2D eigenvalue weighted by molar-refractivity contribution is -0.129. The van der Waals surface area contributed by atoms with Gasteiger partial charge in [-0.2, -0.15) is 8.78 Å². The van der Waals surface area contributed by atoms with Crippen LogP contribution in [0.5, 0.6) is 5.75 Å². The summed E-state index contributed by atoms with van der Waals surface area (Å²) in [6.07, 6.45) is 3.48. The number of carbonyl (C=O) groups excluding carboxylic acids is 1. The Morgan fingerprint density at radius 3 is 2.53 bits per heavy atom. The van der Waals surface area contributed by atoms with Crippen molar-refractivity contribution < 1.29 is 18.3 Å². The van der Waals surface area contributed by atoms with Gasteiger partial charge in [0.15, 0.2) is 0 Å². The minimum absolute atomic E-state index is 0.0626. The second-order valence-corrected chi connectivity index (χ2v) is 9.38. The van der Waals surface area contributed by atoms with E-state index < -0.39 is 6.61 Å². The maximum Gasteiger partial charge on any atom is 0.387 e. The molecule has 38 heavy (non-hydrogen) atoms. The van der Waals surface area contributed by atoms with Crippen LogP contribution in [0.4, 0.5) is 14.7 Å². The fraction of sp³-hybridized carbons (Fsp3) is 0.333. The molecule has 198 valence electrons. The van der Waals surface area contributed by atoms with Crippen LogP contribution in [0.15, 0.2) is 59.7 Å². The number of hydrogen-bond acceptors (Lipinski definition) is 6. The third-order valence-corrected chi connectivity index (χ3v) is 6.97. The zero-order valence-electron chi connectivity index (χ0n) is 21.3. The minimum Gasteiger partial charge on any atom is -0.434 e. The van der Waals surface area contributed by atoms with E-state index in [-0.39, 0.29) is 29.8 Å². The molecule has 1 fully saturated rings. The average molecular weight is 523 g/mol. The Kier molecular flexibility index (Phi) is 6.83. The third-order valence-electron chi connectivity index (χ3n) is 6.97. The van der Waals surface area contributed by atoms with Crippen LogP contribution < -0.4 is 15.2 Å². The summed E-state index contributed by atoms with van der Waals surface area (Å²) in [6.45, 7) is 2.73. The number of alkyl halides is 2. The molecule has 0 bridgehead atoms. The van der Waals surface area contributed by atoms with Crippen molar-refractivity contribution in [3.63, 3.8) is 0 Å². The first-order chi connectivity index (χ1) is 18.2. The number of amides is 1. The van der Waals surface area contributed by atoms with Crippen molar-refractivity contribution in [2.45, 2.75) is 33.0 Å². The van der Waals surface area contributed by atoms with Crippen molar-refractivity contribution in [3.8, 4) is 16.9 Å². The lowest BCUT2D eigenvalue weighted by Gasteiger charge is -2.39. The Hall–Kier alpha value is -4.28. The molecule has 2 aromatic carbocycles. The molecule has 2 aromatic heterocycles. The van der Waals surface area contributed by atoms with E-state index >= 15 is 0 Å². The molecule has 1 aliphatic heterocycles. The summed E-state index contributed by atoms with van der Waals surface area (Å²) >= 11 is 0. The summed E-state index contributed by atoms with van der Waals surface area (Å²) < 4.78 is 33.7. The van der Waals surface area contributed by atoms with Crippen LogP contribution in [0.2, 0.25) is 0 Å². The molecular weight excluding hydrogens is 494 g/mol. The largest absolute Gasteiger partial charge is 0.434 e. The number of fused-ring (bicyclic) bond motifs is 1. The predicted molar refractivity (Wildman–Crippen MR) is 139 cm³/mol. The number of rotatable bonds is 6. The molecule has 1 saturated heterocycles. The summed E-state index contributed by atoms with van der Waals surface area (Å²) in [4.78, 5) is 37.7. The number of halogens is 2. The predicted octanol–water partition coefficient (Wildman–Crippen LogP) is 3.50. The van der Waals surface area contributed by atoms with Crippen molar-refractivity contribution in [2.75, 3.05) is 24.5 Å². The smallest absolute Gasteiger partial charge is 0.387 e. The first-order valence-electron chi connectivity index (χ1n) is 12.3. The Balaban J connectivity index is 1.45. The maximum atomic E-state index is 12.9. The monoisotopic (exact) mass is 522 g/mol. The number of benzene rings is 2. The van der Waals surface area contributed by atoms with Crippen molar-refractivity contribution in [2.24, 2.45) is 7.05 Å². The second-order valence-electron chi connectivity index (χ2n) is 9.38. The number of hydrogen-bond donors (Lipinski definition) is 0. The van der Waals surface area contributed by atoms with Gasteiger partial charge in [-0.15, -0.1) is 0 Å². The standard InChI is InChI=1S/C27H28F2N6O3/c1-17-15-33(18(2)36)10-11-34(17)27-30-13-21(14-31-27)19-8-9-22-23(12-19)35(32(3)25(22)37)16-20-6-4-5-7-24(20)38-26(28)29/h4-9,12-14,17,26H,10-11,15-16H2,1-3H3/t17-/m1/s1. The van der Waals surface area contributed by atoms with Crippen LogP contribution in [0.1, 0.15) is 19.4 Å². The second kappa shape index (κ2) is 10.2. The van der Waals surface area contributed by atoms with Gasteiger partial charge in [0, 0.05) is 63.2 Å². The number of carbonyl (C=O) groups is 1. The van der Waals surface area contributed by atoms with Gasteiger partial charge in [0.25, 0.3) is 5.56 Å². The highest BCUT2D eigenvalue weighted by molar-refractivity contribution is 5.84. The SMILES string of the molecule is CC(=O)N1CCN(c2ncc(-c3ccc4c(=O)n(C)n(Cc5ccccc5OC(F)F)c4c3)cn2)[C@H](C)C1. The van der Waals surface area contributed by atoms with Gasteiger partial charge in [0.1, 0.15) is 5.75 Å². The highest BCUT2D eigenvalue weighted by atomic mass is 19.3. The fourth-order valence-electron chi connectivity index (χ4n) is 4.91. The van der Waals surface area contributed by atoms with Gasteiger partial charge in [-0.3, -0.25) is 19.0 Å². The lowest BCUT2D eigenvalue weighted by atomic mass is 10.1. The minimum atomic E-state index is -2.95. The molecule has 1 atom stereocenters. The average Bonchev–Trinajstić information content (AvgIpc) is 3.13. The van der Waals surface area contributed by atoms with Crippen molar-refractivity contribution in [3.05, 3.63) is 70.8 Å². The van der Waals surface area contributed by atoms with Crippen molar-refractivity contribution in [1.29, 1.82) is 0 Å². The summed E-state index contributed by atoms with van der Waals surface area (Å²) in [7, 11) is 1.64. The van der Waals surface area contributed by atoms with E-state index in [1.807, 2.05) is 24.0 Å². The van der Waals surface area contributed by atoms with E-state index in [4.69, 9.17) is 0 Å². The first kappa shape index (κ1) is 25.4. The lowest BCUT2D eigenvalue weighted by Crippen LogP contribution is -2.53. The zero-order valence-corrected chi connectivity index (χ0v) is 21.3. The van der Waals surface area contributed by atoms with E-state index in [0.717, 1.165) is 11.1 Å². The third kappa shape index (κ3) is 4.83. The summed E-state index contributed by atoms with van der Waals surface area (Å²) in [6, 6.07) is 12.1. The van der Waals surface area contributed by atoms with Crippen molar-refractivity contribution >= 4 is 22.8 Å². The van der Waals surface area contributed by atoms with Gasteiger partial charge in [0.05, 0.1) is 17.4 Å². The molecule has 1 amide bonds. The van der Waals surface area contributed by atoms with Crippen LogP contribution in [0.25, 0.3) is 22.0 Å². The summed E-state index contributed by atoms with van der Waals surface area (Å²) in [5.74, 6) is 0.723. The van der Waals surface area contributed by atoms with Gasteiger partial charge in [-0.25, -0.2) is 9.97 Å². The molecule has 0 unspecified atom stereocenters. The van der Waals surface area contributed by atoms with E-state index in [9.17, 15) is 18.4 Å². The summed E-state index contributed by atoms with van der Waals surface area (Å²) in [5, 5.41) is 0.512. The Bertz CT molecular complexity index is 1530. The Morgan fingerprint density at radius 2 is 1.84 bits per heavy atom. The number of ether oxygens (including phenoxy) is 1. The van der Waals surface area contributed by atoms with Crippen LogP contribution in [-0.2, 0) is 18.4 Å². The van der Waals surface area contributed by atoms with Crippen LogP contribution >= 0.6 is 0 Å². The van der Waals surface area contributed by atoms with E-state index in [1.54, 1.807) is 55.3 Å². The number of para-hydroxylation sites is 1. The number of nitrogens with zero attached hydrogens (tertiary/aromatic N) is 6. The highest BCUT2D eigenvalue weighted by Crippen LogP contribution is 2.27. The van der Waals surface area contributed by atoms with Gasteiger partial charge in [-0.1, -0.05) is 24.3 Å². The van der Waals surface area contributed by atoms with E-state index in [1.165, 1.54) is 10.7 Å². The topological polar surface area (TPSA) is 85.5 Å². The molecular formula is C27H28F2N6O3. The molecule has 11 heteroatoms. The number of anilines is 1. The van der Waals surface area contributed by atoms with Crippen LogP contribution in [-0.4, -0.2) is 62.4 Å². The Morgan fingerprint density at radius 1 is 1.11 bits per heavy atom. The van der Waals surface area contributed by atoms with Gasteiger partial charge in [0.2, 0.25) is 11.9 Å². The molecule has 0 spiro atoms. The van der Waals surface area contributed by atoms with Crippen molar-refractivity contribution in [1.82, 2.24) is 24.2 Å². The van der Waals surface area contributed by atoms with Gasteiger partial charge < -0.3 is 14.5 Å². The van der Waals surface area contributed by atoms with E-state index in [0.29, 0.717) is 42.0 Å². The molecule has 1 aliphatic rings. The molecule has 9 nitrogen and oxygen atoms in total. The molecule has 4 aromatic rings. The first-order valence-corrected chi connectivity index (χ1v) is 12.3. The quantitative estimate of drug-likeness (QED) is 0.385. The number of piperazine rings is 1. The van der Waals surface area contributed by atoms with Crippen LogP contribution in [0, 0.1) is 0 Å². The molecule has 3 heterocycles. The molecule has 0 N–H and O–H groups in total. The van der Waals surface area contributed by atoms with Gasteiger partial charge in [-0.05, 0) is 30.7 Å². The molecule has 0 radical (unpaired) electrons. The van der Waals surface area contributed by atoms with Gasteiger partial charge >= 0.3 is 6.61 Å². The molecule has 0 saturated carbocycles. The normalized spacial score (nSPS) is 15.9. The molecule has 0 aliphatic carbocycles. The summed E-state index contributed by atoms with van der Waals surface area (Å²) in [5.41, 5.74) is 2.58. The van der Waals surface area contributed by atoms with E-state index in [2.05, 4.69) is 19.6 Å². The fourth-order valence-corrected chi connectivity index (χ4v) is 4.91. The maximum absolute atomic E-state index is 12.9. The Labute approximate surface area is 217 Å². The zero-order chi connectivity index (χ0) is 27.0. The highest BCUT2D eigenvalue weighted by Gasteiger charge is 2.26. The number of aromatic nitrogens is 4.